The fourth-order valence-electron chi connectivity index (χ4n) is 4.00. The Hall–Kier alpha value is -0.910. The first kappa shape index (κ1) is 33.1. The molecule has 0 bridgehead atoms. The Morgan fingerprint density at radius 3 is 1.65 bits per heavy atom. The van der Waals surface area contributed by atoms with Crippen LogP contribution in [0.5, 0.6) is 0 Å². The first-order valence-corrected chi connectivity index (χ1v) is 14.6. The van der Waals surface area contributed by atoms with Crippen LogP contribution in [0.3, 0.4) is 0 Å². The van der Waals surface area contributed by atoms with Gasteiger partial charge >= 0.3 is 0 Å². The third-order valence-corrected chi connectivity index (χ3v) is 6.12. The number of unbranched alkanes of at least 4 members (excludes halogenated alkanes) is 16. The van der Waals surface area contributed by atoms with Gasteiger partial charge in [-0.05, 0) is 32.1 Å². The Balaban J connectivity index is 3.19. The van der Waals surface area contributed by atoms with E-state index in [0.29, 0.717) is 45.9 Å². The lowest BCUT2D eigenvalue weighted by Crippen LogP contribution is -2.27. The lowest BCUT2D eigenvalue weighted by atomic mass is 10.0. The quantitative estimate of drug-likeness (QED) is 0.0922. The molecule has 0 aromatic rings. The molecular formula is C29H58N2O3. The van der Waals surface area contributed by atoms with Crippen molar-refractivity contribution in [2.75, 3.05) is 39.5 Å². The molecule has 0 fully saturated rings. The van der Waals surface area contributed by atoms with Crippen molar-refractivity contribution in [2.24, 2.45) is 5.73 Å². The van der Waals surface area contributed by atoms with Crippen molar-refractivity contribution in [3.63, 3.8) is 0 Å². The number of ether oxygens (including phenoxy) is 2. The average molecular weight is 483 g/mol. The number of nitrogens with one attached hydrogen (secondary N) is 1. The van der Waals surface area contributed by atoms with Crippen molar-refractivity contribution in [2.45, 2.75) is 129 Å². The Morgan fingerprint density at radius 2 is 1.12 bits per heavy atom. The summed E-state index contributed by atoms with van der Waals surface area (Å²) in [6.45, 7) is 5.59. The van der Waals surface area contributed by atoms with E-state index < -0.39 is 0 Å². The van der Waals surface area contributed by atoms with Gasteiger partial charge in [-0.25, -0.2) is 0 Å². The smallest absolute Gasteiger partial charge is 0.220 e. The molecule has 0 aliphatic rings. The predicted octanol–water partition coefficient (Wildman–Crippen LogP) is 7.08. The number of amides is 1. The van der Waals surface area contributed by atoms with Gasteiger partial charge < -0.3 is 20.5 Å². The summed E-state index contributed by atoms with van der Waals surface area (Å²) in [6.07, 6.45) is 29.3. The van der Waals surface area contributed by atoms with Crippen LogP contribution in [-0.4, -0.2) is 45.4 Å². The number of carbonyl (C=O) groups excluding carboxylic acids is 1. The van der Waals surface area contributed by atoms with Gasteiger partial charge in [0.05, 0.1) is 26.4 Å². The van der Waals surface area contributed by atoms with Crippen molar-refractivity contribution >= 4 is 5.91 Å². The molecule has 0 rings (SSSR count). The van der Waals surface area contributed by atoms with Crippen LogP contribution >= 0.6 is 0 Å². The minimum atomic E-state index is 0.133. The van der Waals surface area contributed by atoms with Gasteiger partial charge in [0, 0.05) is 19.5 Å². The lowest BCUT2D eigenvalue weighted by molar-refractivity contribution is -0.121. The van der Waals surface area contributed by atoms with E-state index in [2.05, 4.69) is 24.4 Å². The van der Waals surface area contributed by atoms with Gasteiger partial charge in [-0.2, -0.15) is 0 Å². The van der Waals surface area contributed by atoms with E-state index in [1.165, 1.54) is 103 Å². The molecule has 0 spiro atoms. The standard InChI is InChI=1S/C29H58N2O3/c1-2-3-4-5-6-7-8-9-10-11-12-13-14-15-16-17-18-19-20-21-22-29(32)31-24-26-34-28-27-33-25-23-30/h14-15H,2-13,16-28,30H2,1H3,(H,31,32). The van der Waals surface area contributed by atoms with Gasteiger partial charge in [0.15, 0.2) is 0 Å². The van der Waals surface area contributed by atoms with E-state index in [4.69, 9.17) is 15.2 Å². The molecule has 3 N–H and O–H groups in total. The third-order valence-electron chi connectivity index (χ3n) is 6.12. The Labute approximate surface area is 212 Å². The highest BCUT2D eigenvalue weighted by Gasteiger charge is 2.00. The number of hydrogen-bond donors (Lipinski definition) is 2. The molecule has 0 heterocycles. The molecule has 0 atom stereocenters. The first-order chi connectivity index (χ1) is 16.8. The van der Waals surface area contributed by atoms with Crippen LogP contribution in [0.25, 0.3) is 0 Å². The van der Waals surface area contributed by atoms with E-state index in [1.54, 1.807) is 0 Å². The number of rotatable bonds is 28. The Kier molecular flexibility index (Phi) is 29.3. The molecule has 0 saturated carbocycles. The van der Waals surface area contributed by atoms with Gasteiger partial charge in [-0.3, -0.25) is 4.79 Å². The van der Waals surface area contributed by atoms with Crippen molar-refractivity contribution in [3.8, 4) is 0 Å². The van der Waals surface area contributed by atoms with Crippen LogP contribution in [-0.2, 0) is 14.3 Å². The maximum absolute atomic E-state index is 11.8. The summed E-state index contributed by atoms with van der Waals surface area (Å²) in [5.41, 5.74) is 5.34. The predicted molar refractivity (Wildman–Crippen MR) is 146 cm³/mol. The molecule has 1 amide bonds. The molecule has 202 valence electrons. The molecule has 34 heavy (non-hydrogen) atoms. The van der Waals surface area contributed by atoms with Gasteiger partial charge in [-0.1, -0.05) is 103 Å². The lowest BCUT2D eigenvalue weighted by Gasteiger charge is -2.07. The largest absolute Gasteiger partial charge is 0.378 e. The molecule has 0 aliphatic carbocycles. The maximum Gasteiger partial charge on any atom is 0.220 e. The van der Waals surface area contributed by atoms with Gasteiger partial charge in [-0.15, -0.1) is 0 Å². The Morgan fingerprint density at radius 1 is 0.647 bits per heavy atom. The van der Waals surface area contributed by atoms with Crippen LogP contribution in [0.2, 0.25) is 0 Å². The van der Waals surface area contributed by atoms with Crippen molar-refractivity contribution in [1.29, 1.82) is 0 Å². The fourth-order valence-corrected chi connectivity index (χ4v) is 4.00. The van der Waals surface area contributed by atoms with E-state index in [-0.39, 0.29) is 5.91 Å². The summed E-state index contributed by atoms with van der Waals surface area (Å²) >= 11 is 0. The summed E-state index contributed by atoms with van der Waals surface area (Å²) in [6, 6.07) is 0. The number of allylic oxidation sites excluding steroid dienone is 2. The van der Waals surface area contributed by atoms with Crippen LogP contribution < -0.4 is 11.1 Å². The molecule has 5 nitrogen and oxygen atoms in total. The van der Waals surface area contributed by atoms with Crippen molar-refractivity contribution < 1.29 is 14.3 Å². The van der Waals surface area contributed by atoms with Gasteiger partial charge in [0.2, 0.25) is 5.91 Å². The minimum Gasteiger partial charge on any atom is -0.378 e. The van der Waals surface area contributed by atoms with Crippen molar-refractivity contribution in [3.05, 3.63) is 12.2 Å². The SMILES string of the molecule is CCCCCCCCCCCCCC=CCCCCCCCC(=O)NCCOCCOCCN. The van der Waals surface area contributed by atoms with E-state index >= 15 is 0 Å². The topological polar surface area (TPSA) is 73.6 Å². The van der Waals surface area contributed by atoms with Gasteiger partial charge in [0.25, 0.3) is 0 Å². The molecule has 0 radical (unpaired) electrons. The normalized spacial score (nSPS) is 11.5. The zero-order valence-corrected chi connectivity index (χ0v) is 22.6. The average Bonchev–Trinajstić information content (AvgIpc) is 2.84. The van der Waals surface area contributed by atoms with Crippen molar-refractivity contribution in [1.82, 2.24) is 5.32 Å². The highest BCUT2D eigenvalue weighted by atomic mass is 16.5. The third kappa shape index (κ3) is 29.1. The molecule has 0 aromatic carbocycles. The molecule has 0 unspecified atom stereocenters. The van der Waals surface area contributed by atoms with Crippen LogP contribution in [0.15, 0.2) is 12.2 Å². The molecule has 0 saturated heterocycles. The van der Waals surface area contributed by atoms with Gasteiger partial charge in [0.1, 0.15) is 0 Å². The van der Waals surface area contributed by atoms with E-state index in [9.17, 15) is 4.79 Å². The summed E-state index contributed by atoms with van der Waals surface area (Å²) in [4.78, 5) is 11.8. The van der Waals surface area contributed by atoms with Crippen LogP contribution in [0, 0.1) is 0 Å². The summed E-state index contributed by atoms with van der Waals surface area (Å²) < 4.78 is 10.6. The zero-order chi connectivity index (χ0) is 24.8. The molecule has 0 aromatic heterocycles. The van der Waals surface area contributed by atoms with E-state index in [1.807, 2.05) is 0 Å². The summed E-state index contributed by atoms with van der Waals surface area (Å²) in [5, 5.41) is 2.91. The molecule has 0 aliphatic heterocycles. The second-order valence-electron chi connectivity index (χ2n) is 9.47. The number of carbonyl (C=O) groups is 1. The highest BCUT2D eigenvalue weighted by molar-refractivity contribution is 5.75. The Bertz CT molecular complexity index is 430. The highest BCUT2D eigenvalue weighted by Crippen LogP contribution is 2.12. The minimum absolute atomic E-state index is 0.133. The second-order valence-corrected chi connectivity index (χ2v) is 9.47. The van der Waals surface area contributed by atoms with Crippen LogP contribution in [0.1, 0.15) is 129 Å². The number of nitrogens with two attached hydrogens (primary N) is 1. The summed E-state index contributed by atoms with van der Waals surface area (Å²) in [5.74, 6) is 0.133. The second kappa shape index (κ2) is 30.1. The first-order valence-electron chi connectivity index (χ1n) is 14.6. The number of hydrogen-bond acceptors (Lipinski definition) is 4. The zero-order valence-electron chi connectivity index (χ0n) is 22.6. The van der Waals surface area contributed by atoms with E-state index in [0.717, 1.165) is 12.8 Å². The fraction of sp³-hybridized carbons (Fsp3) is 0.897. The molecular weight excluding hydrogens is 424 g/mol. The summed E-state index contributed by atoms with van der Waals surface area (Å²) in [7, 11) is 0. The van der Waals surface area contributed by atoms with Crippen LogP contribution in [0.4, 0.5) is 0 Å². The monoisotopic (exact) mass is 482 g/mol. The maximum atomic E-state index is 11.8. The molecule has 5 heteroatoms.